The van der Waals surface area contributed by atoms with E-state index in [4.69, 9.17) is 89.7 Å². The van der Waals surface area contributed by atoms with Crippen LogP contribution in [-0.2, 0) is 9.59 Å². The number of amides is 1. The summed E-state index contributed by atoms with van der Waals surface area (Å²) >= 11 is 35.4. The summed E-state index contributed by atoms with van der Waals surface area (Å²) in [7, 11) is 3.12. The number of fused-ring (bicyclic) bond motifs is 3. The third-order valence-electron chi connectivity index (χ3n) is 8.58. The molecule has 66 heavy (non-hydrogen) atoms. The van der Waals surface area contributed by atoms with Gasteiger partial charge in [0.1, 0.15) is 16.7 Å². The first-order valence-electron chi connectivity index (χ1n) is 18.7. The Kier molecular flexibility index (Phi) is 20.6. The molecule has 0 unspecified atom stereocenters. The molecule has 0 saturated carbocycles. The standard InChI is InChI=1S/C10H7Cl2NO.C10H8ClNO2.C9H6ClN3O.C9H6ClNO.C9H7ClO2/c1-14-8-5-13-10(12)6-3-2-4-7(11)9(6)8;1-14-8-5-12-10(13)6-3-2-4-7(11)9(6)8;10-8-4-2-1-3-7(8)5-6-9(14)12-13-11;10-8-3-1-2-7-6(8)4-5-11-9(7)12;10-8-4-2-1-3-7(8)5-6-9(11)12/h2-5H,1H3;2-5H,1H3,(H,12,13);1-6H;1-5H,(H,11,12);1-6H,(H,11,12)/b;;6-5+;;6-5+. The van der Waals surface area contributed by atoms with Gasteiger partial charge in [0, 0.05) is 65.4 Å². The van der Waals surface area contributed by atoms with Crippen molar-refractivity contribution < 1.29 is 24.2 Å². The molecule has 3 heterocycles. The van der Waals surface area contributed by atoms with Crippen LogP contribution in [0, 0.1) is 0 Å². The Morgan fingerprint density at radius 3 is 1.67 bits per heavy atom. The summed E-state index contributed by atoms with van der Waals surface area (Å²) in [4.78, 5) is 55.1. The van der Waals surface area contributed by atoms with Crippen LogP contribution in [0.5, 0.6) is 11.5 Å². The van der Waals surface area contributed by atoms with Crippen LogP contribution < -0.4 is 20.6 Å². The van der Waals surface area contributed by atoms with Gasteiger partial charge in [0.15, 0.2) is 0 Å². The molecule has 0 aliphatic carbocycles. The zero-order valence-corrected chi connectivity index (χ0v) is 38.9. The predicted octanol–water partition coefficient (Wildman–Crippen LogP) is 13.5. The molecule has 0 bridgehead atoms. The van der Waals surface area contributed by atoms with Gasteiger partial charge in [-0.15, -0.1) is 0 Å². The van der Waals surface area contributed by atoms with Crippen LogP contribution in [0.4, 0.5) is 0 Å². The zero-order valence-electron chi connectivity index (χ0n) is 34.4. The third kappa shape index (κ3) is 14.9. The van der Waals surface area contributed by atoms with E-state index in [0.717, 1.165) is 22.2 Å². The van der Waals surface area contributed by atoms with Gasteiger partial charge in [-0.1, -0.05) is 130 Å². The van der Waals surface area contributed by atoms with Crippen molar-refractivity contribution in [3.8, 4) is 11.5 Å². The van der Waals surface area contributed by atoms with E-state index in [0.29, 0.717) is 69.1 Å². The fourth-order valence-corrected chi connectivity index (χ4v) is 6.94. The summed E-state index contributed by atoms with van der Waals surface area (Å²) in [6.45, 7) is 0. The third-order valence-corrected chi connectivity index (χ3v) is 10.5. The van der Waals surface area contributed by atoms with E-state index in [-0.39, 0.29) is 11.1 Å². The number of ether oxygens (including phenoxy) is 2. The number of rotatable bonds is 6. The first-order chi connectivity index (χ1) is 31.7. The van der Waals surface area contributed by atoms with Crippen LogP contribution in [0.15, 0.2) is 155 Å². The fraction of sp³-hybridized carbons (Fsp3) is 0.0426. The molecule has 8 aromatic rings. The fourth-order valence-electron chi connectivity index (χ4n) is 5.56. The minimum absolute atomic E-state index is 0.102. The van der Waals surface area contributed by atoms with Crippen LogP contribution in [0.25, 0.3) is 54.9 Å². The molecule has 336 valence electrons. The number of carboxylic acid groups (broad SMARTS) is 1. The second-order valence-corrected chi connectivity index (χ2v) is 15.1. The van der Waals surface area contributed by atoms with E-state index >= 15 is 0 Å². The maximum absolute atomic E-state index is 11.4. The average molecular weight is 1010 g/mol. The van der Waals surface area contributed by atoms with Gasteiger partial charge in [0.2, 0.25) is 5.91 Å². The minimum atomic E-state index is -0.977. The molecule has 8 rings (SSSR count). The summed E-state index contributed by atoms with van der Waals surface area (Å²) in [5.41, 5.74) is 9.11. The van der Waals surface area contributed by atoms with Gasteiger partial charge in [-0.25, -0.2) is 9.78 Å². The van der Waals surface area contributed by atoms with Crippen molar-refractivity contribution in [2.24, 2.45) is 5.11 Å². The number of carbonyl (C=O) groups is 2. The Bertz CT molecular complexity index is 3230. The molecule has 13 nitrogen and oxygen atoms in total. The van der Waals surface area contributed by atoms with E-state index < -0.39 is 11.9 Å². The second kappa shape index (κ2) is 26.2. The Morgan fingerprint density at radius 2 is 1.12 bits per heavy atom. The van der Waals surface area contributed by atoms with E-state index in [9.17, 15) is 19.2 Å². The van der Waals surface area contributed by atoms with E-state index in [1.54, 1.807) is 117 Å². The molecule has 0 fully saturated rings. The molecule has 5 aromatic carbocycles. The van der Waals surface area contributed by atoms with Gasteiger partial charge < -0.3 is 24.5 Å². The average Bonchev–Trinajstić information content (AvgIpc) is 3.31. The first kappa shape index (κ1) is 51.8. The number of hydrogen-bond acceptors (Lipinski definition) is 7. The van der Waals surface area contributed by atoms with E-state index in [2.05, 4.69) is 25.0 Å². The monoisotopic (exact) mass is 1000 g/mol. The normalized spacial score (nSPS) is 10.3. The molecule has 0 radical (unpaired) electrons. The molecule has 0 saturated heterocycles. The number of nitrogens with one attached hydrogen (secondary N) is 2. The zero-order chi connectivity index (χ0) is 48.2. The van der Waals surface area contributed by atoms with Crippen molar-refractivity contribution >= 4 is 126 Å². The van der Waals surface area contributed by atoms with Gasteiger partial charge in [0.05, 0.1) is 35.8 Å². The summed E-state index contributed by atoms with van der Waals surface area (Å²) in [6, 6.07) is 31.8. The van der Waals surface area contributed by atoms with Crippen molar-refractivity contribution in [1.29, 1.82) is 0 Å². The van der Waals surface area contributed by atoms with Gasteiger partial charge >= 0.3 is 5.97 Å². The molecule has 0 atom stereocenters. The number of H-pyrrole nitrogens is 2. The number of halogens is 6. The number of aliphatic carboxylic acids is 1. The molecular weight excluding hydrogens is 973 g/mol. The predicted molar refractivity (Wildman–Crippen MR) is 267 cm³/mol. The molecule has 3 aromatic heterocycles. The van der Waals surface area contributed by atoms with Crippen LogP contribution in [-0.4, -0.2) is 46.2 Å². The number of methoxy groups -OCH3 is 2. The van der Waals surface area contributed by atoms with Crippen LogP contribution >= 0.6 is 69.6 Å². The highest BCUT2D eigenvalue weighted by atomic mass is 35.5. The Labute approximate surface area is 406 Å². The summed E-state index contributed by atoms with van der Waals surface area (Å²) in [6.07, 6.45) is 9.86. The van der Waals surface area contributed by atoms with E-state index in [1.165, 1.54) is 31.5 Å². The van der Waals surface area contributed by atoms with Crippen molar-refractivity contribution in [3.63, 3.8) is 0 Å². The van der Waals surface area contributed by atoms with Crippen LogP contribution in [0.1, 0.15) is 11.1 Å². The Morgan fingerprint density at radius 1 is 0.621 bits per heavy atom. The first-order valence-corrected chi connectivity index (χ1v) is 21.0. The minimum Gasteiger partial charge on any atom is -0.495 e. The highest BCUT2D eigenvalue weighted by Crippen LogP contribution is 2.34. The van der Waals surface area contributed by atoms with Gasteiger partial charge in [-0.3, -0.25) is 14.4 Å². The lowest BCUT2D eigenvalue weighted by Crippen LogP contribution is -2.06. The molecule has 3 N–H and O–H groups in total. The molecule has 0 spiro atoms. The maximum Gasteiger partial charge on any atom is 0.328 e. The number of aromatic amines is 2. The molecule has 0 aliphatic rings. The highest BCUT2D eigenvalue weighted by molar-refractivity contribution is 6.39. The maximum atomic E-state index is 11.4. The van der Waals surface area contributed by atoms with Gasteiger partial charge in [-0.2, -0.15) is 0 Å². The van der Waals surface area contributed by atoms with Gasteiger partial charge in [-0.05, 0) is 88.5 Å². The lowest BCUT2D eigenvalue weighted by Gasteiger charge is -2.07. The van der Waals surface area contributed by atoms with Crippen molar-refractivity contribution in [3.05, 3.63) is 212 Å². The molecule has 1 amide bonds. The summed E-state index contributed by atoms with van der Waals surface area (Å²) < 4.78 is 10.3. The Balaban J connectivity index is 0.000000181. The number of hydrogen-bond donors (Lipinski definition) is 3. The highest BCUT2D eigenvalue weighted by Gasteiger charge is 2.10. The topological polar surface area (TPSA) is 200 Å². The van der Waals surface area contributed by atoms with Crippen molar-refractivity contribution in [2.45, 2.75) is 0 Å². The van der Waals surface area contributed by atoms with Crippen LogP contribution in [0.3, 0.4) is 0 Å². The number of benzene rings is 5. The van der Waals surface area contributed by atoms with E-state index in [1.807, 2.05) is 12.1 Å². The van der Waals surface area contributed by atoms with Crippen LogP contribution in [0.2, 0.25) is 30.3 Å². The lowest BCUT2D eigenvalue weighted by molar-refractivity contribution is -0.131. The smallest absolute Gasteiger partial charge is 0.328 e. The number of pyridine rings is 3. The second-order valence-electron chi connectivity index (χ2n) is 12.7. The Hall–Kier alpha value is -6.80. The SMILES string of the molecule is COc1c[nH]c(=O)c2cccc(Cl)c12.COc1cnc(Cl)c2cccc(Cl)c12.O=C(O)/C=C/c1ccccc1Cl.O=c1[nH]ccc2c(Cl)cccc12.[N-]=[N+]=NC(=O)/C=C/c1ccccc1Cl. The van der Waals surface area contributed by atoms with Crippen molar-refractivity contribution in [2.75, 3.05) is 14.2 Å². The molecule has 19 heteroatoms. The largest absolute Gasteiger partial charge is 0.495 e. The molecule has 0 aliphatic heterocycles. The number of carboxylic acids is 1. The summed E-state index contributed by atoms with van der Waals surface area (Å²) in [5, 5.41) is 18.7. The lowest BCUT2D eigenvalue weighted by atomic mass is 10.1. The summed E-state index contributed by atoms with van der Waals surface area (Å²) in [5.74, 6) is -0.414. The number of carbonyl (C=O) groups excluding carboxylic acids is 1. The quantitative estimate of drug-likeness (QED) is 0.0480. The molecular formula is C47H34Cl6N6O7. The number of aromatic nitrogens is 3. The number of azide groups is 1. The van der Waals surface area contributed by atoms with Gasteiger partial charge in [0.25, 0.3) is 11.1 Å². The van der Waals surface area contributed by atoms with Crippen molar-refractivity contribution in [1.82, 2.24) is 15.0 Å². The number of nitrogens with zero attached hydrogens (tertiary/aromatic N) is 4.